The second-order valence-corrected chi connectivity index (χ2v) is 6.35. The molecule has 1 aromatic carbocycles. The van der Waals surface area contributed by atoms with E-state index in [0.717, 1.165) is 6.42 Å². The Bertz CT molecular complexity index is 630. The number of fused-ring (bicyclic) bond motifs is 1. The first-order valence-electron chi connectivity index (χ1n) is 5.90. The van der Waals surface area contributed by atoms with Crippen molar-refractivity contribution in [1.29, 1.82) is 0 Å². The van der Waals surface area contributed by atoms with Crippen molar-refractivity contribution >= 4 is 15.7 Å². The van der Waals surface area contributed by atoms with E-state index in [1.807, 2.05) is 0 Å². The van der Waals surface area contributed by atoms with Crippen molar-refractivity contribution in [3.63, 3.8) is 0 Å². The molecule has 0 spiro atoms. The van der Waals surface area contributed by atoms with E-state index in [1.165, 1.54) is 24.3 Å². The predicted octanol–water partition coefficient (Wildman–Crippen LogP) is 0.803. The molecular formula is C11H12N2O5S. The minimum Gasteiger partial charge on any atom is -0.368 e. The normalized spacial score (nSPS) is 28.9. The van der Waals surface area contributed by atoms with Crippen LogP contribution in [0.1, 0.15) is 12.8 Å². The van der Waals surface area contributed by atoms with Crippen molar-refractivity contribution < 1.29 is 18.1 Å². The van der Waals surface area contributed by atoms with E-state index < -0.39 is 20.6 Å². The molecule has 0 unspecified atom stereocenters. The van der Waals surface area contributed by atoms with Gasteiger partial charge in [0, 0.05) is 6.07 Å². The van der Waals surface area contributed by atoms with Gasteiger partial charge < -0.3 is 4.74 Å². The fraction of sp³-hybridized carbons (Fsp3) is 0.455. The van der Waals surface area contributed by atoms with Gasteiger partial charge in [0.05, 0.1) is 17.1 Å². The second kappa shape index (κ2) is 4.26. The van der Waals surface area contributed by atoms with Gasteiger partial charge >= 0.3 is 0 Å². The SMILES string of the molecule is O=[N+]([O-])c1ccccc1S(=O)(=O)N[C@H]1CC[C@@H]2O[C@H]12. The van der Waals surface area contributed by atoms with Crippen LogP contribution in [0, 0.1) is 10.1 Å². The van der Waals surface area contributed by atoms with Gasteiger partial charge in [-0.2, -0.15) is 0 Å². The third kappa shape index (κ3) is 2.22. The summed E-state index contributed by atoms with van der Waals surface area (Å²) in [5.41, 5.74) is -0.415. The van der Waals surface area contributed by atoms with Gasteiger partial charge in [0.2, 0.25) is 10.0 Å². The number of ether oxygens (including phenoxy) is 1. The Morgan fingerprint density at radius 2 is 2.05 bits per heavy atom. The van der Waals surface area contributed by atoms with E-state index in [2.05, 4.69) is 4.72 Å². The van der Waals surface area contributed by atoms with Crippen molar-refractivity contribution in [1.82, 2.24) is 4.72 Å². The molecule has 0 bridgehead atoms. The first kappa shape index (κ1) is 12.5. The number of nitro groups is 1. The van der Waals surface area contributed by atoms with Gasteiger partial charge in [0.25, 0.3) is 5.69 Å². The van der Waals surface area contributed by atoms with Gasteiger partial charge in [-0.05, 0) is 18.9 Å². The highest BCUT2D eigenvalue weighted by Crippen LogP contribution is 2.39. The maximum atomic E-state index is 12.2. The predicted molar refractivity (Wildman–Crippen MR) is 65.1 cm³/mol. The van der Waals surface area contributed by atoms with E-state index in [1.54, 1.807) is 0 Å². The molecule has 1 aliphatic carbocycles. The van der Waals surface area contributed by atoms with Crippen molar-refractivity contribution in [3.8, 4) is 0 Å². The summed E-state index contributed by atoms with van der Waals surface area (Å²) in [6, 6.07) is 5.04. The molecule has 0 amide bonds. The second-order valence-electron chi connectivity index (χ2n) is 4.67. The summed E-state index contributed by atoms with van der Waals surface area (Å²) in [6.07, 6.45) is 1.61. The number of hydrogen-bond donors (Lipinski definition) is 1. The summed E-state index contributed by atoms with van der Waals surface area (Å²) >= 11 is 0. The Kier molecular flexibility index (Phi) is 2.80. The van der Waals surface area contributed by atoms with Gasteiger partial charge in [0.1, 0.15) is 6.10 Å². The van der Waals surface area contributed by atoms with Crippen LogP contribution in [0.3, 0.4) is 0 Å². The molecule has 1 aromatic rings. The van der Waals surface area contributed by atoms with E-state index in [0.29, 0.717) is 6.42 Å². The largest absolute Gasteiger partial charge is 0.368 e. The monoisotopic (exact) mass is 284 g/mol. The standard InChI is InChI=1S/C11H12N2O5S/c14-13(15)8-3-1-2-4-10(8)19(16,17)12-7-5-6-9-11(7)18-9/h1-4,7,9,11-12H,5-6H2/t7-,9-,11+/m0/s1. The molecular weight excluding hydrogens is 272 g/mol. The minimum atomic E-state index is -3.90. The highest BCUT2D eigenvalue weighted by atomic mass is 32.2. The smallest absolute Gasteiger partial charge is 0.289 e. The van der Waals surface area contributed by atoms with Crippen LogP contribution in [0.2, 0.25) is 0 Å². The molecule has 7 nitrogen and oxygen atoms in total. The van der Waals surface area contributed by atoms with Crippen molar-refractivity contribution in [2.24, 2.45) is 0 Å². The molecule has 0 aromatic heterocycles. The zero-order valence-electron chi connectivity index (χ0n) is 9.85. The molecule has 1 saturated heterocycles. The average Bonchev–Trinajstić information content (AvgIpc) is 3.06. The first-order chi connectivity index (χ1) is 8.99. The molecule has 102 valence electrons. The molecule has 8 heteroatoms. The number of hydrogen-bond acceptors (Lipinski definition) is 5. The summed E-state index contributed by atoms with van der Waals surface area (Å²) in [5, 5.41) is 10.9. The molecule has 3 rings (SSSR count). The van der Waals surface area contributed by atoms with E-state index in [-0.39, 0.29) is 23.1 Å². The number of nitro benzene ring substituents is 1. The summed E-state index contributed by atoms with van der Waals surface area (Å²) in [7, 11) is -3.90. The Morgan fingerprint density at radius 1 is 1.32 bits per heavy atom. The van der Waals surface area contributed by atoms with Crippen LogP contribution in [-0.4, -0.2) is 31.6 Å². The van der Waals surface area contributed by atoms with Crippen LogP contribution in [0.25, 0.3) is 0 Å². The quantitative estimate of drug-likeness (QED) is 0.500. The number of sulfonamides is 1. The van der Waals surface area contributed by atoms with Gasteiger partial charge in [-0.1, -0.05) is 12.1 Å². The van der Waals surface area contributed by atoms with Crippen LogP contribution in [-0.2, 0) is 14.8 Å². The lowest BCUT2D eigenvalue weighted by Crippen LogP contribution is -2.37. The van der Waals surface area contributed by atoms with E-state index in [4.69, 9.17) is 4.74 Å². The summed E-state index contributed by atoms with van der Waals surface area (Å²) in [5.74, 6) is 0. The molecule has 1 N–H and O–H groups in total. The van der Waals surface area contributed by atoms with Crippen LogP contribution in [0.5, 0.6) is 0 Å². The molecule has 19 heavy (non-hydrogen) atoms. The number of benzene rings is 1. The van der Waals surface area contributed by atoms with Gasteiger partial charge in [-0.3, -0.25) is 10.1 Å². The third-order valence-corrected chi connectivity index (χ3v) is 4.98. The number of rotatable bonds is 4. The number of epoxide rings is 1. The zero-order valence-corrected chi connectivity index (χ0v) is 10.7. The Hall–Kier alpha value is -1.51. The first-order valence-corrected chi connectivity index (χ1v) is 7.38. The zero-order chi connectivity index (χ0) is 13.6. The fourth-order valence-electron chi connectivity index (χ4n) is 2.47. The topological polar surface area (TPSA) is 102 Å². The Morgan fingerprint density at radius 3 is 2.63 bits per heavy atom. The van der Waals surface area contributed by atoms with Crippen LogP contribution < -0.4 is 4.72 Å². The molecule has 3 atom stereocenters. The van der Waals surface area contributed by atoms with Gasteiger partial charge in [0.15, 0.2) is 4.90 Å². The van der Waals surface area contributed by atoms with E-state index in [9.17, 15) is 18.5 Å². The van der Waals surface area contributed by atoms with Crippen LogP contribution >= 0.6 is 0 Å². The maximum Gasteiger partial charge on any atom is 0.289 e. The summed E-state index contributed by atoms with van der Waals surface area (Å²) in [4.78, 5) is 9.87. The van der Waals surface area contributed by atoms with Gasteiger partial charge in [-0.15, -0.1) is 0 Å². The van der Waals surface area contributed by atoms with Crippen molar-refractivity contribution in [3.05, 3.63) is 34.4 Å². The maximum absolute atomic E-state index is 12.2. The molecule has 0 radical (unpaired) electrons. The number of para-hydroxylation sites is 1. The molecule has 2 fully saturated rings. The van der Waals surface area contributed by atoms with Crippen LogP contribution in [0.15, 0.2) is 29.2 Å². The number of nitrogens with zero attached hydrogens (tertiary/aromatic N) is 1. The van der Waals surface area contributed by atoms with Crippen LogP contribution in [0.4, 0.5) is 5.69 Å². The van der Waals surface area contributed by atoms with Crippen molar-refractivity contribution in [2.75, 3.05) is 0 Å². The highest BCUT2D eigenvalue weighted by molar-refractivity contribution is 7.89. The third-order valence-electron chi connectivity index (χ3n) is 3.44. The molecule has 1 heterocycles. The summed E-state index contributed by atoms with van der Waals surface area (Å²) < 4.78 is 32.2. The molecule has 1 saturated carbocycles. The minimum absolute atomic E-state index is 0.0717. The number of nitrogens with one attached hydrogen (secondary N) is 1. The fourth-order valence-corrected chi connectivity index (χ4v) is 3.93. The average molecular weight is 284 g/mol. The Labute approximate surface area is 109 Å². The lowest BCUT2D eigenvalue weighted by Gasteiger charge is -2.13. The van der Waals surface area contributed by atoms with Gasteiger partial charge in [-0.25, -0.2) is 13.1 Å². The van der Waals surface area contributed by atoms with Crippen molar-refractivity contribution in [2.45, 2.75) is 36.0 Å². The molecule has 2 aliphatic rings. The highest BCUT2D eigenvalue weighted by Gasteiger charge is 2.51. The molecule has 1 aliphatic heterocycles. The van der Waals surface area contributed by atoms with E-state index >= 15 is 0 Å². The lowest BCUT2D eigenvalue weighted by atomic mass is 10.3. The summed E-state index contributed by atoms with van der Waals surface area (Å²) in [6.45, 7) is 0. The Balaban J connectivity index is 1.89. The lowest BCUT2D eigenvalue weighted by molar-refractivity contribution is -0.387.